The maximum absolute atomic E-state index is 13.9. The van der Waals surface area contributed by atoms with Crippen molar-refractivity contribution in [1.29, 1.82) is 0 Å². The molecule has 0 radical (unpaired) electrons. The van der Waals surface area contributed by atoms with Crippen LogP contribution >= 0.6 is 15.9 Å². The normalized spacial score (nSPS) is 17.7. The molecule has 0 N–H and O–H groups in total. The van der Waals surface area contributed by atoms with E-state index in [4.69, 9.17) is 4.74 Å². The van der Waals surface area contributed by atoms with E-state index in [0.29, 0.717) is 0 Å². The lowest BCUT2D eigenvalue weighted by Crippen LogP contribution is -2.03. The molecule has 19 heavy (non-hydrogen) atoms. The van der Waals surface area contributed by atoms with E-state index in [1.165, 1.54) is 44.9 Å². The number of hydrogen-bond donors (Lipinski definition) is 0. The second-order valence-corrected chi connectivity index (χ2v) is 6.31. The predicted octanol–water partition coefficient (Wildman–Crippen LogP) is 5.38. The third kappa shape index (κ3) is 3.68. The van der Waals surface area contributed by atoms with E-state index in [9.17, 15) is 8.78 Å². The van der Waals surface area contributed by atoms with Crippen LogP contribution in [0.2, 0.25) is 0 Å². The second-order valence-electron chi connectivity index (χ2n) is 5.20. The van der Waals surface area contributed by atoms with Gasteiger partial charge in [-0.15, -0.1) is 0 Å². The fourth-order valence-electron chi connectivity index (χ4n) is 2.80. The molecule has 0 aliphatic heterocycles. The van der Waals surface area contributed by atoms with Gasteiger partial charge in [0.1, 0.15) is 17.4 Å². The Kier molecular flexibility index (Phi) is 5.20. The molecule has 4 heteroatoms. The van der Waals surface area contributed by atoms with Gasteiger partial charge < -0.3 is 4.74 Å². The Bertz CT molecular complexity index is 407. The number of alkyl halides is 1. The van der Waals surface area contributed by atoms with E-state index in [-0.39, 0.29) is 16.1 Å². The summed E-state index contributed by atoms with van der Waals surface area (Å²) in [5.74, 6) is -0.131. The highest BCUT2D eigenvalue weighted by atomic mass is 79.9. The molecule has 0 bridgehead atoms. The summed E-state index contributed by atoms with van der Waals surface area (Å²) >= 11 is 3.42. The van der Waals surface area contributed by atoms with Crippen LogP contribution in [0, 0.1) is 17.6 Å². The van der Waals surface area contributed by atoms with Crippen LogP contribution in [0.4, 0.5) is 8.78 Å². The van der Waals surface area contributed by atoms with Gasteiger partial charge in [0.15, 0.2) is 0 Å². The minimum atomic E-state index is -0.537. The maximum Gasteiger partial charge on any atom is 0.134 e. The number of halogens is 3. The lowest BCUT2D eigenvalue weighted by atomic mass is 9.98. The minimum absolute atomic E-state index is 0.124. The Balaban J connectivity index is 2.03. The third-order valence-corrected chi connectivity index (χ3v) is 4.82. The molecular formula is C15H19BrF2O. The van der Waals surface area contributed by atoms with E-state index in [2.05, 4.69) is 15.9 Å². The molecule has 1 aliphatic carbocycles. The van der Waals surface area contributed by atoms with Crippen LogP contribution in [0.25, 0.3) is 0 Å². The van der Waals surface area contributed by atoms with E-state index >= 15 is 0 Å². The lowest BCUT2D eigenvalue weighted by Gasteiger charge is -2.15. The van der Waals surface area contributed by atoms with Crippen LogP contribution in [-0.2, 0) is 0 Å². The highest BCUT2D eigenvalue weighted by Gasteiger charge is 2.22. The van der Waals surface area contributed by atoms with Crippen LogP contribution < -0.4 is 4.74 Å². The number of methoxy groups -OCH3 is 1. The molecule has 0 heterocycles. The largest absolute Gasteiger partial charge is 0.497 e. The summed E-state index contributed by atoms with van der Waals surface area (Å²) in [5.41, 5.74) is 0.124. The summed E-state index contributed by atoms with van der Waals surface area (Å²) in [7, 11) is 1.40. The number of benzene rings is 1. The van der Waals surface area contributed by atoms with Gasteiger partial charge >= 0.3 is 0 Å². The summed E-state index contributed by atoms with van der Waals surface area (Å²) < 4.78 is 32.7. The fourth-order valence-corrected chi connectivity index (χ4v) is 3.51. The van der Waals surface area contributed by atoms with Crippen molar-refractivity contribution in [2.75, 3.05) is 7.11 Å². The first-order valence-electron chi connectivity index (χ1n) is 6.78. The van der Waals surface area contributed by atoms with Gasteiger partial charge in [-0.05, 0) is 18.8 Å². The quantitative estimate of drug-likeness (QED) is 0.658. The molecule has 106 valence electrons. The standard InChI is InChI=1S/C15H19BrF2O/c1-19-11-8-13(17)15(14(18)9-11)12(16)7-6-10-4-2-3-5-10/h8-10,12H,2-7H2,1H3. The molecule has 1 aromatic rings. The smallest absolute Gasteiger partial charge is 0.134 e. The van der Waals surface area contributed by atoms with Crippen molar-refractivity contribution in [2.24, 2.45) is 5.92 Å². The Morgan fingerprint density at radius 3 is 2.37 bits per heavy atom. The summed E-state index contributed by atoms with van der Waals surface area (Å²) in [6, 6.07) is 2.48. The number of rotatable bonds is 5. The average Bonchev–Trinajstić information content (AvgIpc) is 2.88. The SMILES string of the molecule is COc1cc(F)c(C(Br)CCC2CCCC2)c(F)c1. The molecule has 1 aliphatic rings. The van der Waals surface area contributed by atoms with Crippen molar-refractivity contribution < 1.29 is 13.5 Å². The van der Waals surface area contributed by atoms with Crippen LogP contribution in [0.5, 0.6) is 5.75 Å². The van der Waals surface area contributed by atoms with Gasteiger partial charge in [0, 0.05) is 22.5 Å². The van der Waals surface area contributed by atoms with Crippen LogP contribution in [0.15, 0.2) is 12.1 Å². The van der Waals surface area contributed by atoms with Gasteiger partial charge in [0.25, 0.3) is 0 Å². The molecular weight excluding hydrogens is 314 g/mol. The van der Waals surface area contributed by atoms with Crippen LogP contribution in [-0.4, -0.2) is 7.11 Å². The van der Waals surface area contributed by atoms with Crippen molar-refractivity contribution in [2.45, 2.75) is 43.4 Å². The second kappa shape index (κ2) is 6.69. The Morgan fingerprint density at radius 2 is 1.84 bits per heavy atom. The Labute approximate surface area is 121 Å². The van der Waals surface area contributed by atoms with Gasteiger partial charge in [-0.1, -0.05) is 41.6 Å². The van der Waals surface area contributed by atoms with E-state index < -0.39 is 11.6 Å². The average molecular weight is 333 g/mol. The molecule has 2 rings (SSSR count). The maximum atomic E-state index is 13.9. The van der Waals surface area contributed by atoms with Gasteiger partial charge in [0.05, 0.1) is 7.11 Å². The third-order valence-electron chi connectivity index (χ3n) is 3.90. The molecule has 1 unspecified atom stereocenters. The minimum Gasteiger partial charge on any atom is -0.497 e. The molecule has 1 saturated carbocycles. The van der Waals surface area contributed by atoms with Gasteiger partial charge in [0.2, 0.25) is 0 Å². The van der Waals surface area contributed by atoms with E-state index in [0.717, 1.165) is 18.8 Å². The molecule has 1 nitrogen and oxygen atoms in total. The summed E-state index contributed by atoms with van der Waals surface area (Å²) in [6.45, 7) is 0. The summed E-state index contributed by atoms with van der Waals surface area (Å²) in [4.78, 5) is -0.265. The number of ether oxygens (including phenoxy) is 1. The molecule has 0 spiro atoms. The monoisotopic (exact) mass is 332 g/mol. The molecule has 0 amide bonds. The Hall–Kier alpha value is -0.640. The fraction of sp³-hybridized carbons (Fsp3) is 0.600. The predicted molar refractivity (Wildman–Crippen MR) is 75.8 cm³/mol. The zero-order valence-electron chi connectivity index (χ0n) is 11.1. The first kappa shape index (κ1) is 14.8. The molecule has 0 saturated heterocycles. The van der Waals surface area contributed by atoms with Crippen LogP contribution in [0.1, 0.15) is 48.9 Å². The van der Waals surface area contributed by atoms with Crippen molar-refractivity contribution in [1.82, 2.24) is 0 Å². The highest BCUT2D eigenvalue weighted by molar-refractivity contribution is 9.09. The zero-order valence-corrected chi connectivity index (χ0v) is 12.7. The Morgan fingerprint density at radius 1 is 1.26 bits per heavy atom. The highest BCUT2D eigenvalue weighted by Crippen LogP contribution is 2.37. The van der Waals surface area contributed by atoms with Gasteiger partial charge in [-0.2, -0.15) is 0 Å². The van der Waals surface area contributed by atoms with E-state index in [1.807, 2.05) is 0 Å². The van der Waals surface area contributed by atoms with Crippen molar-refractivity contribution in [3.63, 3.8) is 0 Å². The van der Waals surface area contributed by atoms with Gasteiger partial charge in [-0.3, -0.25) is 0 Å². The molecule has 1 fully saturated rings. The zero-order chi connectivity index (χ0) is 13.8. The van der Waals surface area contributed by atoms with Crippen molar-refractivity contribution >= 4 is 15.9 Å². The first-order chi connectivity index (χ1) is 9.11. The summed E-state index contributed by atoms with van der Waals surface area (Å²) in [6.07, 6.45) is 6.90. The summed E-state index contributed by atoms with van der Waals surface area (Å²) in [5, 5.41) is 0. The van der Waals surface area contributed by atoms with E-state index in [1.54, 1.807) is 0 Å². The van der Waals surface area contributed by atoms with Crippen LogP contribution in [0.3, 0.4) is 0 Å². The molecule has 1 atom stereocenters. The van der Waals surface area contributed by atoms with Crippen molar-refractivity contribution in [3.05, 3.63) is 29.3 Å². The van der Waals surface area contributed by atoms with Crippen molar-refractivity contribution in [3.8, 4) is 5.75 Å². The molecule has 0 aromatic heterocycles. The van der Waals surface area contributed by atoms with Gasteiger partial charge in [-0.25, -0.2) is 8.78 Å². The number of hydrogen-bond acceptors (Lipinski definition) is 1. The topological polar surface area (TPSA) is 9.23 Å². The lowest BCUT2D eigenvalue weighted by molar-refractivity contribution is 0.404. The molecule has 1 aromatic carbocycles. The first-order valence-corrected chi connectivity index (χ1v) is 7.70.